The summed E-state index contributed by atoms with van der Waals surface area (Å²) in [7, 11) is 1.69. The van der Waals surface area contributed by atoms with E-state index in [1.807, 2.05) is 31.2 Å². The Morgan fingerprint density at radius 1 is 1.29 bits per heavy atom. The number of para-hydroxylation sites is 1. The Balaban J connectivity index is 1.74. The molecule has 1 heterocycles. The van der Waals surface area contributed by atoms with E-state index in [2.05, 4.69) is 0 Å². The molecule has 0 fully saturated rings. The predicted octanol–water partition coefficient (Wildman–Crippen LogP) is 3.12. The topological polar surface area (TPSA) is 72.7 Å². The molecule has 0 N–H and O–H groups in total. The van der Waals surface area contributed by atoms with Gasteiger partial charge in [-0.15, -0.1) is 0 Å². The summed E-state index contributed by atoms with van der Waals surface area (Å²) in [4.78, 5) is 24.8. The van der Waals surface area contributed by atoms with Crippen LogP contribution in [0.5, 0.6) is 5.75 Å². The summed E-state index contributed by atoms with van der Waals surface area (Å²) in [5.74, 6) is 0.609. The molecule has 0 saturated heterocycles. The fourth-order valence-corrected chi connectivity index (χ4v) is 2.86. The van der Waals surface area contributed by atoms with Gasteiger partial charge < -0.3 is 9.64 Å². The second-order valence-corrected chi connectivity index (χ2v) is 5.90. The number of hydrogen-bond donors (Lipinski definition) is 0. The highest BCUT2D eigenvalue weighted by atomic mass is 16.6. The van der Waals surface area contributed by atoms with E-state index in [0.29, 0.717) is 6.42 Å². The van der Waals surface area contributed by atoms with Crippen molar-refractivity contribution in [3.63, 3.8) is 0 Å². The number of rotatable bonds is 4. The first kappa shape index (κ1) is 16.0. The third-order valence-electron chi connectivity index (χ3n) is 4.41. The van der Waals surface area contributed by atoms with Gasteiger partial charge in [0.2, 0.25) is 0 Å². The largest absolute Gasteiger partial charge is 0.480 e. The molecule has 1 amide bonds. The molecule has 2 aromatic carbocycles. The standard InChI is InChI=1S/C18H18N2O4/c1-12(13-7-5-8-15(10-13)20(22)23)19(2)18(21)17-11-14-6-3-4-9-16(14)24-17/h3-10,12,17H,11H2,1-2H3/t12-,17+/m0/s1. The van der Waals surface area contributed by atoms with Crippen molar-refractivity contribution in [2.45, 2.75) is 25.5 Å². The van der Waals surface area contributed by atoms with Gasteiger partial charge in [0.25, 0.3) is 11.6 Å². The summed E-state index contributed by atoms with van der Waals surface area (Å²) >= 11 is 0. The molecule has 0 spiro atoms. The number of non-ortho nitro benzene ring substituents is 1. The number of amides is 1. The van der Waals surface area contributed by atoms with Gasteiger partial charge in [-0.05, 0) is 24.1 Å². The van der Waals surface area contributed by atoms with Crippen LogP contribution < -0.4 is 4.74 Å². The lowest BCUT2D eigenvalue weighted by Crippen LogP contribution is -2.40. The number of nitro groups is 1. The number of benzene rings is 2. The minimum atomic E-state index is -0.548. The highest BCUT2D eigenvalue weighted by Crippen LogP contribution is 2.30. The lowest BCUT2D eigenvalue weighted by Gasteiger charge is -2.27. The molecule has 0 bridgehead atoms. The van der Waals surface area contributed by atoms with Crippen molar-refractivity contribution < 1.29 is 14.5 Å². The minimum Gasteiger partial charge on any atom is -0.480 e. The second kappa shape index (κ2) is 6.31. The van der Waals surface area contributed by atoms with Crippen LogP contribution in [0.25, 0.3) is 0 Å². The molecule has 6 heteroatoms. The van der Waals surface area contributed by atoms with Crippen molar-refractivity contribution in [2.24, 2.45) is 0 Å². The number of nitro benzene ring substituents is 1. The van der Waals surface area contributed by atoms with Crippen LogP contribution in [0.15, 0.2) is 48.5 Å². The first-order chi connectivity index (χ1) is 11.5. The molecule has 1 aliphatic heterocycles. The van der Waals surface area contributed by atoms with E-state index in [1.165, 1.54) is 12.1 Å². The zero-order valence-corrected chi connectivity index (χ0v) is 13.5. The van der Waals surface area contributed by atoms with Gasteiger partial charge in [0.1, 0.15) is 5.75 Å². The Morgan fingerprint density at radius 3 is 2.75 bits per heavy atom. The highest BCUT2D eigenvalue weighted by Gasteiger charge is 2.33. The van der Waals surface area contributed by atoms with Crippen LogP contribution in [0, 0.1) is 10.1 Å². The Bertz CT molecular complexity index is 765. The molecular weight excluding hydrogens is 308 g/mol. The Morgan fingerprint density at radius 2 is 2.04 bits per heavy atom. The average Bonchev–Trinajstić information content (AvgIpc) is 3.04. The molecule has 0 saturated carbocycles. The monoisotopic (exact) mass is 326 g/mol. The van der Waals surface area contributed by atoms with E-state index in [9.17, 15) is 14.9 Å². The Kier molecular flexibility index (Phi) is 4.20. The van der Waals surface area contributed by atoms with Crippen molar-refractivity contribution in [3.8, 4) is 5.75 Å². The van der Waals surface area contributed by atoms with Crippen LogP contribution in [0.4, 0.5) is 5.69 Å². The maximum atomic E-state index is 12.7. The van der Waals surface area contributed by atoms with Gasteiger partial charge >= 0.3 is 0 Å². The fourth-order valence-electron chi connectivity index (χ4n) is 2.86. The van der Waals surface area contributed by atoms with Crippen molar-refractivity contribution in [1.29, 1.82) is 0 Å². The van der Waals surface area contributed by atoms with Crippen molar-refractivity contribution >= 4 is 11.6 Å². The van der Waals surface area contributed by atoms with Crippen molar-refractivity contribution in [1.82, 2.24) is 4.90 Å². The number of carbonyl (C=O) groups excluding carboxylic acids is 1. The van der Waals surface area contributed by atoms with E-state index in [-0.39, 0.29) is 17.6 Å². The van der Waals surface area contributed by atoms with Gasteiger partial charge in [-0.2, -0.15) is 0 Å². The third-order valence-corrected chi connectivity index (χ3v) is 4.41. The predicted molar refractivity (Wildman–Crippen MR) is 88.8 cm³/mol. The molecule has 0 radical (unpaired) electrons. The lowest BCUT2D eigenvalue weighted by molar-refractivity contribution is -0.384. The smallest absolute Gasteiger partial charge is 0.269 e. The molecule has 6 nitrogen and oxygen atoms in total. The van der Waals surface area contributed by atoms with Crippen LogP contribution in [-0.4, -0.2) is 28.9 Å². The van der Waals surface area contributed by atoms with E-state index < -0.39 is 11.0 Å². The van der Waals surface area contributed by atoms with Gasteiger partial charge in [0, 0.05) is 25.6 Å². The molecule has 2 aromatic rings. The van der Waals surface area contributed by atoms with Gasteiger partial charge in [-0.3, -0.25) is 14.9 Å². The SMILES string of the molecule is C[C@@H](c1cccc([N+](=O)[O-])c1)N(C)C(=O)[C@H]1Cc2ccccc2O1. The second-order valence-electron chi connectivity index (χ2n) is 5.90. The summed E-state index contributed by atoms with van der Waals surface area (Å²) in [6.45, 7) is 1.85. The summed E-state index contributed by atoms with van der Waals surface area (Å²) in [5.41, 5.74) is 1.76. The normalized spacial score (nSPS) is 16.8. The van der Waals surface area contributed by atoms with Crippen LogP contribution >= 0.6 is 0 Å². The number of ether oxygens (including phenoxy) is 1. The fraction of sp³-hybridized carbons (Fsp3) is 0.278. The quantitative estimate of drug-likeness (QED) is 0.639. The number of carbonyl (C=O) groups is 1. The average molecular weight is 326 g/mol. The minimum absolute atomic E-state index is 0.0183. The third kappa shape index (κ3) is 2.95. The maximum Gasteiger partial charge on any atom is 0.269 e. The molecule has 124 valence electrons. The van der Waals surface area contributed by atoms with Gasteiger partial charge in [0.15, 0.2) is 6.10 Å². The van der Waals surface area contributed by atoms with Crippen molar-refractivity contribution in [3.05, 3.63) is 69.8 Å². The lowest BCUT2D eigenvalue weighted by atomic mass is 10.0. The summed E-state index contributed by atoms with van der Waals surface area (Å²) in [5, 5.41) is 10.9. The maximum absolute atomic E-state index is 12.7. The number of fused-ring (bicyclic) bond motifs is 1. The van der Waals surface area contributed by atoms with E-state index in [4.69, 9.17) is 4.74 Å². The van der Waals surface area contributed by atoms with E-state index in [0.717, 1.165) is 16.9 Å². The Labute approximate surface area is 139 Å². The molecule has 0 aromatic heterocycles. The first-order valence-electron chi connectivity index (χ1n) is 7.73. The zero-order valence-electron chi connectivity index (χ0n) is 13.5. The van der Waals surface area contributed by atoms with E-state index in [1.54, 1.807) is 24.1 Å². The van der Waals surface area contributed by atoms with Gasteiger partial charge in [-0.25, -0.2) is 0 Å². The van der Waals surface area contributed by atoms with Gasteiger partial charge in [0.05, 0.1) is 11.0 Å². The highest BCUT2D eigenvalue weighted by molar-refractivity contribution is 5.82. The molecule has 1 aliphatic rings. The molecule has 0 unspecified atom stereocenters. The van der Waals surface area contributed by atoms with Crippen LogP contribution in [0.3, 0.4) is 0 Å². The number of likely N-dealkylation sites (N-methyl/N-ethyl adjacent to an activating group) is 1. The molecular formula is C18H18N2O4. The van der Waals surface area contributed by atoms with Gasteiger partial charge in [-0.1, -0.05) is 30.3 Å². The van der Waals surface area contributed by atoms with Crippen LogP contribution in [0.2, 0.25) is 0 Å². The first-order valence-corrected chi connectivity index (χ1v) is 7.73. The summed E-state index contributed by atoms with van der Waals surface area (Å²) in [6, 6.07) is 13.7. The number of nitrogens with zero attached hydrogens (tertiary/aromatic N) is 2. The van der Waals surface area contributed by atoms with Crippen molar-refractivity contribution in [2.75, 3.05) is 7.05 Å². The molecule has 2 atom stereocenters. The summed E-state index contributed by atoms with van der Waals surface area (Å²) < 4.78 is 5.74. The zero-order chi connectivity index (χ0) is 17.3. The van der Waals surface area contributed by atoms with E-state index >= 15 is 0 Å². The molecule has 24 heavy (non-hydrogen) atoms. The molecule has 3 rings (SSSR count). The summed E-state index contributed by atoms with van der Waals surface area (Å²) in [6.07, 6.45) is -0.00498. The van der Waals surface area contributed by atoms with Crippen LogP contribution in [-0.2, 0) is 11.2 Å². The molecule has 0 aliphatic carbocycles. The van der Waals surface area contributed by atoms with Crippen LogP contribution in [0.1, 0.15) is 24.1 Å². The number of hydrogen-bond acceptors (Lipinski definition) is 4. The Hall–Kier alpha value is -2.89.